The largest absolute Gasteiger partial charge is 0.393 e. The summed E-state index contributed by atoms with van der Waals surface area (Å²) in [5, 5.41) is 11.6. The van der Waals surface area contributed by atoms with Crippen LogP contribution in [0.2, 0.25) is 0 Å². The molecule has 0 amide bonds. The highest BCUT2D eigenvalue weighted by molar-refractivity contribution is 7.15. The van der Waals surface area contributed by atoms with Crippen molar-refractivity contribution in [2.45, 2.75) is 44.9 Å². The average molecular weight is 265 g/mol. The third kappa shape index (κ3) is 2.43. The number of nitrogens with zero attached hydrogens (tertiary/aromatic N) is 3. The first kappa shape index (κ1) is 12.1. The van der Waals surface area contributed by atoms with Gasteiger partial charge < -0.3 is 5.11 Å². The molecule has 1 fully saturated rings. The zero-order chi connectivity index (χ0) is 12.5. The maximum Gasteiger partial charge on any atom is 0.193 e. The Bertz CT molecular complexity index is 491. The van der Waals surface area contributed by atoms with Crippen molar-refractivity contribution in [3.05, 3.63) is 23.5 Å². The van der Waals surface area contributed by atoms with Gasteiger partial charge in [0.2, 0.25) is 0 Å². The Morgan fingerprint density at radius 3 is 3.28 bits per heavy atom. The molecule has 2 aromatic rings. The molecule has 4 nitrogen and oxygen atoms in total. The summed E-state index contributed by atoms with van der Waals surface area (Å²) < 4.78 is 2.08. The van der Waals surface area contributed by atoms with E-state index in [0.717, 1.165) is 30.2 Å². The van der Waals surface area contributed by atoms with Crippen LogP contribution in [0.3, 0.4) is 0 Å². The molecule has 0 radical (unpaired) electrons. The van der Waals surface area contributed by atoms with E-state index < -0.39 is 0 Å². The first-order chi connectivity index (χ1) is 8.72. The number of aromatic nitrogens is 2. The van der Waals surface area contributed by atoms with Crippen LogP contribution in [0.4, 0.5) is 0 Å². The van der Waals surface area contributed by atoms with Crippen LogP contribution in [0.25, 0.3) is 4.96 Å². The van der Waals surface area contributed by atoms with Gasteiger partial charge in [-0.05, 0) is 32.7 Å². The predicted molar refractivity (Wildman–Crippen MR) is 72.8 cm³/mol. The second-order valence-electron chi connectivity index (χ2n) is 5.18. The van der Waals surface area contributed by atoms with Crippen molar-refractivity contribution in [2.75, 3.05) is 6.54 Å². The zero-order valence-electron chi connectivity index (χ0n) is 10.6. The lowest BCUT2D eigenvalue weighted by Crippen LogP contribution is -2.31. The second kappa shape index (κ2) is 4.99. The summed E-state index contributed by atoms with van der Waals surface area (Å²) in [5.41, 5.74) is 1.14. The Kier molecular flexibility index (Phi) is 3.37. The number of hydrogen-bond acceptors (Lipinski definition) is 4. The van der Waals surface area contributed by atoms with Gasteiger partial charge >= 0.3 is 0 Å². The van der Waals surface area contributed by atoms with Crippen molar-refractivity contribution < 1.29 is 5.11 Å². The molecule has 1 N–H and O–H groups in total. The fourth-order valence-electron chi connectivity index (χ4n) is 2.82. The van der Waals surface area contributed by atoms with Crippen LogP contribution in [-0.4, -0.2) is 38.1 Å². The molecule has 0 spiro atoms. The molecule has 0 aromatic carbocycles. The lowest BCUT2D eigenvalue weighted by atomic mass is 10.1. The van der Waals surface area contributed by atoms with Gasteiger partial charge in [-0.3, -0.25) is 9.30 Å². The number of fused-ring (bicyclic) bond motifs is 1. The van der Waals surface area contributed by atoms with Crippen molar-refractivity contribution in [2.24, 2.45) is 0 Å². The number of hydrogen-bond donors (Lipinski definition) is 1. The molecular weight excluding hydrogens is 246 g/mol. The molecule has 98 valence electrons. The van der Waals surface area contributed by atoms with E-state index in [1.165, 1.54) is 12.8 Å². The van der Waals surface area contributed by atoms with Gasteiger partial charge in [0.15, 0.2) is 4.96 Å². The molecule has 2 unspecified atom stereocenters. The van der Waals surface area contributed by atoms with Crippen LogP contribution in [0.15, 0.2) is 17.8 Å². The molecular formula is C13H19N3OS. The molecule has 18 heavy (non-hydrogen) atoms. The molecule has 2 aromatic heterocycles. The fourth-order valence-corrected chi connectivity index (χ4v) is 3.54. The molecule has 1 aliphatic rings. The van der Waals surface area contributed by atoms with Gasteiger partial charge in [-0.1, -0.05) is 0 Å². The van der Waals surface area contributed by atoms with Gasteiger partial charge in [0.25, 0.3) is 0 Å². The topological polar surface area (TPSA) is 40.8 Å². The quantitative estimate of drug-likeness (QED) is 0.920. The monoisotopic (exact) mass is 265 g/mol. The summed E-state index contributed by atoms with van der Waals surface area (Å²) in [6.45, 7) is 3.91. The van der Waals surface area contributed by atoms with Crippen LogP contribution in [-0.2, 0) is 6.54 Å². The Labute approximate surface area is 111 Å². The lowest BCUT2D eigenvalue weighted by Gasteiger charge is -2.24. The van der Waals surface area contributed by atoms with Crippen molar-refractivity contribution in [1.82, 2.24) is 14.3 Å². The number of likely N-dealkylation sites (tertiary alicyclic amines) is 1. The van der Waals surface area contributed by atoms with E-state index in [9.17, 15) is 5.11 Å². The molecule has 3 rings (SSSR count). The van der Waals surface area contributed by atoms with Crippen LogP contribution in [0.1, 0.15) is 31.9 Å². The van der Waals surface area contributed by atoms with Crippen molar-refractivity contribution in [3.63, 3.8) is 0 Å². The highest BCUT2D eigenvalue weighted by atomic mass is 32.1. The van der Waals surface area contributed by atoms with E-state index in [4.69, 9.17) is 0 Å². The first-order valence-corrected chi connectivity index (χ1v) is 7.43. The number of thiazole rings is 1. The summed E-state index contributed by atoms with van der Waals surface area (Å²) in [4.78, 5) is 8.15. The van der Waals surface area contributed by atoms with Gasteiger partial charge in [-0.15, -0.1) is 11.3 Å². The maximum atomic E-state index is 9.53. The van der Waals surface area contributed by atoms with E-state index >= 15 is 0 Å². The summed E-state index contributed by atoms with van der Waals surface area (Å²) >= 11 is 1.67. The first-order valence-electron chi connectivity index (χ1n) is 6.55. The van der Waals surface area contributed by atoms with Crippen LogP contribution < -0.4 is 0 Å². The molecule has 3 heterocycles. The fraction of sp³-hybridized carbons (Fsp3) is 0.615. The third-order valence-electron chi connectivity index (χ3n) is 3.62. The Balaban J connectivity index is 1.69. The minimum atomic E-state index is -0.207. The molecule has 5 heteroatoms. The SMILES string of the molecule is CC(O)CC1CCCN1Cc1cn2ccsc2n1. The highest BCUT2D eigenvalue weighted by Gasteiger charge is 2.26. The zero-order valence-corrected chi connectivity index (χ0v) is 11.4. The molecule has 2 atom stereocenters. The number of rotatable bonds is 4. The van der Waals surface area contributed by atoms with Crippen molar-refractivity contribution in [3.8, 4) is 0 Å². The van der Waals surface area contributed by atoms with Gasteiger partial charge in [0, 0.05) is 30.4 Å². The van der Waals surface area contributed by atoms with Crippen molar-refractivity contribution >= 4 is 16.3 Å². The molecule has 0 saturated carbocycles. The standard InChI is InChI=1S/C13H19N3OS/c1-10(17)7-12-3-2-4-15(12)8-11-9-16-5-6-18-13(16)14-11/h5-6,9-10,12,17H,2-4,7-8H2,1H3. The van der Waals surface area contributed by atoms with E-state index in [1.807, 2.05) is 13.1 Å². The molecule has 1 aliphatic heterocycles. The number of imidazole rings is 1. The van der Waals surface area contributed by atoms with E-state index in [1.54, 1.807) is 11.3 Å². The van der Waals surface area contributed by atoms with Crippen LogP contribution >= 0.6 is 11.3 Å². The van der Waals surface area contributed by atoms with Gasteiger partial charge in [0.05, 0.1) is 11.8 Å². The smallest absolute Gasteiger partial charge is 0.193 e. The number of aliphatic hydroxyl groups excluding tert-OH is 1. The van der Waals surface area contributed by atoms with Gasteiger partial charge in [0.1, 0.15) is 0 Å². The number of aliphatic hydroxyl groups is 1. The average Bonchev–Trinajstić information content (AvgIpc) is 2.94. The Hall–Kier alpha value is -0.910. The second-order valence-corrected chi connectivity index (χ2v) is 6.05. The summed E-state index contributed by atoms with van der Waals surface area (Å²) in [6, 6.07) is 0.518. The lowest BCUT2D eigenvalue weighted by molar-refractivity contribution is 0.130. The Morgan fingerprint density at radius 1 is 1.61 bits per heavy atom. The summed E-state index contributed by atoms with van der Waals surface area (Å²) in [5.74, 6) is 0. The van der Waals surface area contributed by atoms with E-state index in [2.05, 4.69) is 25.9 Å². The van der Waals surface area contributed by atoms with Crippen LogP contribution in [0, 0.1) is 0 Å². The Morgan fingerprint density at radius 2 is 2.50 bits per heavy atom. The highest BCUT2D eigenvalue weighted by Crippen LogP contribution is 2.24. The summed E-state index contributed by atoms with van der Waals surface area (Å²) in [7, 11) is 0. The van der Waals surface area contributed by atoms with Crippen LogP contribution in [0.5, 0.6) is 0 Å². The molecule has 0 aliphatic carbocycles. The molecule has 0 bridgehead atoms. The van der Waals surface area contributed by atoms with Crippen molar-refractivity contribution in [1.29, 1.82) is 0 Å². The minimum absolute atomic E-state index is 0.207. The predicted octanol–water partition coefficient (Wildman–Crippen LogP) is 2.13. The third-order valence-corrected chi connectivity index (χ3v) is 4.39. The van der Waals surface area contributed by atoms with E-state index in [0.29, 0.717) is 6.04 Å². The maximum absolute atomic E-state index is 9.53. The van der Waals surface area contributed by atoms with Gasteiger partial charge in [-0.2, -0.15) is 0 Å². The minimum Gasteiger partial charge on any atom is -0.393 e. The summed E-state index contributed by atoms with van der Waals surface area (Å²) in [6.07, 6.45) is 7.27. The van der Waals surface area contributed by atoms with Gasteiger partial charge in [-0.25, -0.2) is 4.98 Å². The molecule has 1 saturated heterocycles. The normalized spacial score (nSPS) is 22.9. The van der Waals surface area contributed by atoms with E-state index in [-0.39, 0.29) is 6.10 Å².